The van der Waals surface area contributed by atoms with Gasteiger partial charge in [0.15, 0.2) is 0 Å². The first-order valence-electron chi connectivity index (χ1n) is 13.7. The van der Waals surface area contributed by atoms with Crippen molar-refractivity contribution in [3.8, 4) is 0 Å². The van der Waals surface area contributed by atoms with E-state index in [1.54, 1.807) is 0 Å². The van der Waals surface area contributed by atoms with Crippen LogP contribution >= 0.6 is 0 Å². The minimum Gasteiger partial charge on any atom is -0.381 e. The Morgan fingerprint density at radius 3 is 2.51 bits per heavy atom. The smallest absolute Gasteiger partial charge is 0.381 e. The van der Waals surface area contributed by atoms with Gasteiger partial charge in [0.25, 0.3) is 5.56 Å². The maximum absolute atomic E-state index is 12.6. The number of primary amides is 1. The average Bonchev–Trinajstić information content (AvgIpc) is 3.42. The van der Waals surface area contributed by atoms with Crippen LogP contribution in [0.25, 0.3) is 0 Å². The number of carbonyl (C=O) groups excluding carboxylic acids is 1. The zero-order valence-electron chi connectivity index (χ0n) is 22.6. The van der Waals surface area contributed by atoms with E-state index in [4.69, 9.17) is 9.53 Å². The standard InChI is InChI=1S/C16H24N2O.C11H13F3N2O.CH3NO/c1-2-9-17-15(3-1)5-4-14-6-10-18(13-14)16-7-11-19-12-8-16;1-2-15-3-4-16-9(7-15)5-8(6-10(16)17)11(12,13)14;2-1-3/h1-3,9,14,16H,4-8,10-13H2;5-6H,2-4,7H2,1H3;1H,(H2,2,3). The molecule has 0 aromatic carbocycles. The summed E-state index contributed by atoms with van der Waals surface area (Å²) in [6.07, 6.45) is 3.94. The third-order valence-electron chi connectivity index (χ3n) is 7.57. The van der Waals surface area contributed by atoms with E-state index >= 15 is 0 Å². The maximum Gasteiger partial charge on any atom is 0.416 e. The number of hydrogen-bond acceptors (Lipinski definition) is 6. The van der Waals surface area contributed by atoms with E-state index in [9.17, 15) is 18.0 Å². The van der Waals surface area contributed by atoms with Gasteiger partial charge in [-0.15, -0.1) is 0 Å². The second-order valence-corrected chi connectivity index (χ2v) is 10.1. The number of alkyl halides is 3. The molecule has 5 rings (SSSR count). The van der Waals surface area contributed by atoms with Gasteiger partial charge < -0.3 is 15.0 Å². The van der Waals surface area contributed by atoms with E-state index in [0.29, 0.717) is 31.4 Å². The molecule has 216 valence electrons. The Bertz CT molecular complexity index is 1070. The normalized spacial score (nSPS) is 20.3. The lowest BCUT2D eigenvalue weighted by molar-refractivity contribution is -0.137. The fourth-order valence-electron chi connectivity index (χ4n) is 5.40. The highest BCUT2D eigenvalue weighted by Crippen LogP contribution is 2.29. The lowest BCUT2D eigenvalue weighted by Crippen LogP contribution is -2.39. The molecular formula is C28H40F3N5O3. The van der Waals surface area contributed by atoms with Crippen LogP contribution < -0.4 is 11.3 Å². The molecule has 2 fully saturated rings. The van der Waals surface area contributed by atoms with E-state index < -0.39 is 17.3 Å². The number of nitrogens with two attached hydrogens (primary N) is 1. The Labute approximate surface area is 227 Å². The number of fused-ring (bicyclic) bond motifs is 1. The van der Waals surface area contributed by atoms with E-state index in [1.807, 2.05) is 24.1 Å². The molecular weight excluding hydrogens is 511 g/mol. The molecule has 1 unspecified atom stereocenters. The van der Waals surface area contributed by atoms with Crippen LogP contribution in [-0.2, 0) is 35.2 Å². The molecule has 0 spiro atoms. The number of aromatic nitrogens is 2. The van der Waals surface area contributed by atoms with Crippen molar-refractivity contribution in [2.45, 2.75) is 64.3 Å². The van der Waals surface area contributed by atoms with Gasteiger partial charge in [-0.3, -0.25) is 24.4 Å². The number of rotatable bonds is 5. The fraction of sp³-hybridized carbons (Fsp3) is 0.607. The zero-order chi connectivity index (χ0) is 28.3. The van der Waals surface area contributed by atoms with Crippen LogP contribution in [-0.4, -0.2) is 71.2 Å². The Kier molecular flexibility index (Phi) is 11.9. The number of carbonyl (C=O) groups is 1. The van der Waals surface area contributed by atoms with Crippen LogP contribution in [0.2, 0.25) is 0 Å². The summed E-state index contributed by atoms with van der Waals surface area (Å²) in [5, 5.41) is 0. The van der Waals surface area contributed by atoms with Gasteiger partial charge in [-0.2, -0.15) is 13.2 Å². The molecule has 1 amide bonds. The number of likely N-dealkylation sites (tertiary alicyclic amines) is 1. The molecule has 0 radical (unpaired) electrons. The van der Waals surface area contributed by atoms with E-state index in [-0.39, 0.29) is 6.41 Å². The third-order valence-corrected chi connectivity index (χ3v) is 7.57. The first-order valence-corrected chi connectivity index (χ1v) is 13.7. The van der Waals surface area contributed by atoms with Crippen molar-refractivity contribution in [1.29, 1.82) is 0 Å². The molecule has 0 aliphatic carbocycles. The van der Waals surface area contributed by atoms with Crippen LogP contribution in [0, 0.1) is 5.92 Å². The first kappa shape index (κ1) is 30.8. The van der Waals surface area contributed by atoms with Crippen molar-refractivity contribution in [1.82, 2.24) is 19.4 Å². The predicted octanol–water partition coefficient (Wildman–Crippen LogP) is 3.32. The molecule has 5 heterocycles. The molecule has 11 heteroatoms. The average molecular weight is 552 g/mol. The second-order valence-electron chi connectivity index (χ2n) is 10.1. The zero-order valence-corrected chi connectivity index (χ0v) is 22.6. The van der Waals surface area contributed by atoms with Crippen molar-refractivity contribution in [3.63, 3.8) is 0 Å². The Hall–Kier alpha value is -2.76. The quantitative estimate of drug-likeness (QED) is 0.574. The first-order chi connectivity index (χ1) is 18.7. The van der Waals surface area contributed by atoms with Gasteiger partial charge in [0, 0.05) is 69.1 Å². The summed E-state index contributed by atoms with van der Waals surface area (Å²) in [5.74, 6) is 0.866. The number of pyridine rings is 2. The number of ether oxygens (including phenoxy) is 1. The lowest BCUT2D eigenvalue weighted by Gasteiger charge is -2.31. The number of nitrogens with zero attached hydrogens (tertiary/aromatic N) is 4. The van der Waals surface area contributed by atoms with Crippen LogP contribution in [0.15, 0.2) is 41.3 Å². The molecule has 3 aliphatic heterocycles. The van der Waals surface area contributed by atoms with Crippen molar-refractivity contribution in [2.24, 2.45) is 11.7 Å². The van der Waals surface area contributed by atoms with Crippen LogP contribution in [0.3, 0.4) is 0 Å². The van der Waals surface area contributed by atoms with Crippen molar-refractivity contribution < 1.29 is 22.7 Å². The molecule has 0 bridgehead atoms. The van der Waals surface area contributed by atoms with Crippen LogP contribution in [0.4, 0.5) is 13.2 Å². The highest BCUT2D eigenvalue weighted by Gasteiger charge is 2.33. The van der Waals surface area contributed by atoms with Crippen LogP contribution in [0.5, 0.6) is 0 Å². The number of hydrogen-bond donors (Lipinski definition) is 1. The predicted molar refractivity (Wildman–Crippen MR) is 143 cm³/mol. The lowest BCUT2D eigenvalue weighted by atomic mass is 10.0. The summed E-state index contributed by atoms with van der Waals surface area (Å²) in [4.78, 5) is 29.3. The third kappa shape index (κ3) is 9.44. The molecule has 2 aromatic rings. The molecule has 3 aliphatic rings. The van der Waals surface area contributed by atoms with Gasteiger partial charge >= 0.3 is 6.18 Å². The number of halogens is 3. The highest BCUT2D eigenvalue weighted by molar-refractivity contribution is 5.42. The monoisotopic (exact) mass is 551 g/mol. The van der Waals surface area contributed by atoms with Gasteiger partial charge in [-0.05, 0) is 69.3 Å². The van der Waals surface area contributed by atoms with Gasteiger partial charge in [-0.25, -0.2) is 0 Å². The molecule has 2 aromatic heterocycles. The summed E-state index contributed by atoms with van der Waals surface area (Å²) < 4.78 is 44.5. The van der Waals surface area contributed by atoms with E-state index in [1.165, 1.54) is 49.0 Å². The summed E-state index contributed by atoms with van der Waals surface area (Å²) in [6, 6.07) is 8.75. The number of aryl methyl sites for hydroxylation is 1. The SMILES string of the molecule is CCN1CCn2c(cc(C(F)(F)F)cc2=O)C1.NC=O.c1ccc(CCC2CCN(C3CCOCC3)C2)nc1. The highest BCUT2D eigenvalue weighted by atomic mass is 19.4. The molecule has 2 N–H and O–H groups in total. The van der Waals surface area contributed by atoms with E-state index in [0.717, 1.165) is 44.2 Å². The largest absolute Gasteiger partial charge is 0.416 e. The molecule has 39 heavy (non-hydrogen) atoms. The Morgan fingerprint density at radius 2 is 1.87 bits per heavy atom. The van der Waals surface area contributed by atoms with Gasteiger partial charge in [0.05, 0.1) is 5.56 Å². The summed E-state index contributed by atoms with van der Waals surface area (Å²) >= 11 is 0. The van der Waals surface area contributed by atoms with Crippen molar-refractivity contribution in [3.05, 3.63) is 63.8 Å². The van der Waals surface area contributed by atoms with Gasteiger partial charge in [0.1, 0.15) is 0 Å². The molecule has 1 atom stereocenters. The fourth-order valence-corrected chi connectivity index (χ4v) is 5.40. The molecule has 0 saturated carbocycles. The summed E-state index contributed by atoms with van der Waals surface area (Å²) in [7, 11) is 0. The number of amides is 1. The topological polar surface area (TPSA) is 93.7 Å². The van der Waals surface area contributed by atoms with Gasteiger partial charge in [0.2, 0.25) is 6.41 Å². The number of likely N-dealkylation sites (N-methyl/N-ethyl adjacent to an activating group) is 1. The minimum absolute atomic E-state index is 0.250. The van der Waals surface area contributed by atoms with Crippen molar-refractivity contribution in [2.75, 3.05) is 39.4 Å². The second kappa shape index (κ2) is 15.1. The van der Waals surface area contributed by atoms with Crippen molar-refractivity contribution >= 4 is 6.41 Å². The summed E-state index contributed by atoms with van der Waals surface area (Å²) in [5.41, 5.74) is 4.43. The van der Waals surface area contributed by atoms with Crippen LogP contribution in [0.1, 0.15) is 49.6 Å². The molecule has 8 nitrogen and oxygen atoms in total. The molecule has 2 saturated heterocycles. The Morgan fingerprint density at radius 1 is 1.13 bits per heavy atom. The van der Waals surface area contributed by atoms with Gasteiger partial charge in [-0.1, -0.05) is 13.0 Å². The maximum atomic E-state index is 12.6. The minimum atomic E-state index is -4.46. The van der Waals surface area contributed by atoms with E-state index in [2.05, 4.69) is 27.8 Å². The summed E-state index contributed by atoms with van der Waals surface area (Å²) in [6.45, 7) is 8.77. The Balaban J connectivity index is 0.000000197.